The summed E-state index contributed by atoms with van der Waals surface area (Å²) in [6.45, 7) is 11.4. The Morgan fingerprint density at radius 2 is 1.73 bits per heavy atom. The van der Waals surface area contributed by atoms with E-state index in [-0.39, 0.29) is 17.5 Å². The number of benzene rings is 3. The number of anilines is 3. The van der Waals surface area contributed by atoms with Gasteiger partial charge in [-0.05, 0) is 75.2 Å². The lowest BCUT2D eigenvalue weighted by Crippen LogP contribution is -2.44. The molecular formula is C37H45FN6O5. The van der Waals surface area contributed by atoms with Gasteiger partial charge in [0, 0.05) is 56.2 Å². The van der Waals surface area contributed by atoms with Crippen molar-refractivity contribution in [3.63, 3.8) is 0 Å². The number of hydrogen-bond donors (Lipinski definition) is 2. The molecule has 0 saturated carbocycles. The molecule has 1 saturated heterocycles. The first-order valence-corrected chi connectivity index (χ1v) is 16.3. The van der Waals surface area contributed by atoms with Crippen molar-refractivity contribution in [2.45, 2.75) is 33.2 Å². The van der Waals surface area contributed by atoms with Gasteiger partial charge in [0.1, 0.15) is 5.82 Å². The summed E-state index contributed by atoms with van der Waals surface area (Å²) in [7, 11) is 5.18. The van der Waals surface area contributed by atoms with E-state index >= 15 is 4.39 Å². The second-order valence-corrected chi connectivity index (χ2v) is 12.3. The maximum absolute atomic E-state index is 15.1. The van der Waals surface area contributed by atoms with E-state index in [0.29, 0.717) is 29.4 Å². The fourth-order valence-corrected chi connectivity index (χ4v) is 6.42. The number of nitrogens with one attached hydrogen (secondary N) is 1. The molecule has 1 unspecified atom stereocenters. The zero-order valence-electron chi connectivity index (χ0n) is 29.0. The maximum atomic E-state index is 15.1. The fourth-order valence-electron chi connectivity index (χ4n) is 6.42. The Kier molecular flexibility index (Phi) is 11.5. The first-order chi connectivity index (χ1) is 23.6. The van der Waals surface area contributed by atoms with Crippen LogP contribution in [0.5, 0.6) is 17.2 Å². The summed E-state index contributed by atoms with van der Waals surface area (Å²) in [5, 5.41) is 13.8. The molecule has 1 aromatic heterocycles. The van der Waals surface area contributed by atoms with Crippen molar-refractivity contribution in [1.82, 2.24) is 19.8 Å². The van der Waals surface area contributed by atoms with E-state index in [4.69, 9.17) is 14.2 Å². The van der Waals surface area contributed by atoms with Gasteiger partial charge in [0.25, 0.3) is 0 Å². The highest BCUT2D eigenvalue weighted by Crippen LogP contribution is 2.43. The van der Waals surface area contributed by atoms with E-state index in [1.54, 1.807) is 24.3 Å². The van der Waals surface area contributed by atoms with Crippen molar-refractivity contribution in [2.75, 3.05) is 70.8 Å². The maximum Gasteiger partial charge on any atom is 0.413 e. The molecule has 260 valence electrons. The summed E-state index contributed by atoms with van der Waals surface area (Å²) in [5.74, 6) is 0.716. The molecule has 1 aliphatic rings. The number of para-hydroxylation sites is 1. The standard InChI is InChI=1S/C37H45FN6O5/c1-24-21-25(2)33(26(3)22-24)34(28-9-7-10-31(47-5)35(28)48-6)44(37(45)46)32-13-14-39-36(41-32)40-27-11-12-30(29(38)23-27)49-20-8-15-43-18-16-42(4)17-19-43/h7,9-14,21-23,34H,8,15-20H2,1-6H3,(H,45,46)(H,39,40,41). The number of piperazine rings is 1. The lowest BCUT2D eigenvalue weighted by molar-refractivity contribution is 0.145. The summed E-state index contributed by atoms with van der Waals surface area (Å²) in [4.78, 5) is 28.0. The van der Waals surface area contributed by atoms with Gasteiger partial charge >= 0.3 is 6.09 Å². The molecule has 49 heavy (non-hydrogen) atoms. The van der Waals surface area contributed by atoms with E-state index < -0.39 is 18.0 Å². The minimum absolute atomic E-state index is 0.0951. The third-order valence-corrected chi connectivity index (χ3v) is 8.75. The predicted molar refractivity (Wildman–Crippen MR) is 188 cm³/mol. The SMILES string of the molecule is COc1cccc(C(c2c(C)cc(C)cc2C)N(C(=O)O)c2ccnc(Nc3ccc(OCCCN4CCN(C)CC4)c(F)c3)n2)c1OC. The Labute approximate surface area is 287 Å². The summed E-state index contributed by atoms with van der Waals surface area (Å²) >= 11 is 0. The molecule has 3 aromatic carbocycles. The third kappa shape index (κ3) is 8.38. The van der Waals surface area contributed by atoms with E-state index in [2.05, 4.69) is 32.1 Å². The van der Waals surface area contributed by atoms with Crippen LogP contribution in [0.15, 0.2) is 60.8 Å². The Morgan fingerprint density at radius 3 is 2.39 bits per heavy atom. The number of aromatic nitrogens is 2. The minimum Gasteiger partial charge on any atom is -0.493 e. The van der Waals surface area contributed by atoms with Crippen LogP contribution in [0.25, 0.3) is 0 Å². The van der Waals surface area contributed by atoms with E-state index in [1.807, 2.05) is 39.0 Å². The van der Waals surface area contributed by atoms with Crippen LogP contribution in [0.3, 0.4) is 0 Å². The molecule has 1 atom stereocenters. The number of hydrogen-bond acceptors (Lipinski definition) is 9. The van der Waals surface area contributed by atoms with Crippen molar-refractivity contribution >= 4 is 23.5 Å². The molecule has 0 radical (unpaired) electrons. The Morgan fingerprint density at radius 1 is 1.00 bits per heavy atom. The van der Waals surface area contributed by atoms with Gasteiger partial charge in [-0.3, -0.25) is 0 Å². The van der Waals surface area contributed by atoms with Crippen molar-refractivity contribution in [3.8, 4) is 17.2 Å². The highest BCUT2D eigenvalue weighted by atomic mass is 19.1. The lowest BCUT2D eigenvalue weighted by atomic mass is 9.88. The van der Waals surface area contributed by atoms with Gasteiger partial charge in [-0.25, -0.2) is 19.1 Å². The summed E-state index contributed by atoms with van der Waals surface area (Å²) < 4.78 is 32.2. The number of carbonyl (C=O) groups is 1. The van der Waals surface area contributed by atoms with Crippen molar-refractivity contribution in [3.05, 3.63) is 94.4 Å². The van der Waals surface area contributed by atoms with Crippen molar-refractivity contribution in [2.24, 2.45) is 0 Å². The van der Waals surface area contributed by atoms with Crippen LogP contribution in [0.4, 0.5) is 26.6 Å². The number of ether oxygens (including phenoxy) is 3. The fraction of sp³-hybridized carbons (Fsp3) is 0.378. The summed E-state index contributed by atoms with van der Waals surface area (Å²) in [6.07, 6.45) is 1.02. The Bertz CT molecular complexity index is 1740. The number of aryl methyl sites for hydroxylation is 3. The number of nitrogens with zero attached hydrogens (tertiary/aromatic N) is 5. The zero-order chi connectivity index (χ0) is 35.1. The molecule has 1 aliphatic heterocycles. The molecule has 1 amide bonds. The highest BCUT2D eigenvalue weighted by Gasteiger charge is 2.34. The quantitative estimate of drug-likeness (QED) is 0.151. The molecule has 2 heterocycles. The molecule has 5 rings (SSSR count). The van der Waals surface area contributed by atoms with E-state index in [0.717, 1.165) is 61.4 Å². The molecule has 1 fully saturated rings. The number of likely N-dealkylation sites (N-methyl/N-ethyl adjacent to an activating group) is 1. The Hall–Kier alpha value is -4.94. The van der Waals surface area contributed by atoms with Crippen LogP contribution in [-0.4, -0.2) is 91.6 Å². The largest absolute Gasteiger partial charge is 0.493 e. The van der Waals surface area contributed by atoms with Crippen LogP contribution >= 0.6 is 0 Å². The van der Waals surface area contributed by atoms with Gasteiger partial charge in [-0.15, -0.1) is 0 Å². The van der Waals surface area contributed by atoms with E-state index in [9.17, 15) is 9.90 Å². The molecule has 4 aromatic rings. The van der Waals surface area contributed by atoms with Crippen LogP contribution < -0.4 is 24.4 Å². The second kappa shape index (κ2) is 16.0. The molecule has 2 N–H and O–H groups in total. The predicted octanol–water partition coefficient (Wildman–Crippen LogP) is 6.59. The molecule has 0 spiro atoms. The van der Waals surface area contributed by atoms with Gasteiger partial charge in [-0.2, -0.15) is 4.98 Å². The van der Waals surface area contributed by atoms with Gasteiger partial charge in [0.2, 0.25) is 5.95 Å². The smallest absolute Gasteiger partial charge is 0.413 e. The van der Waals surface area contributed by atoms with E-state index in [1.165, 1.54) is 37.4 Å². The van der Waals surface area contributed by atoms with Crippen molar-refractivity contribution in [1.29, 1.82) is 0 Å². The summed E-state index contributed by atoms with van der Waals surface area (Å²) in [5.41, 5.74) is 4.62. The normalized spacial score (nSPS) is 14.3. The first-order valence-electron chi connectivity index (χ1n) is 16.3. The molecule has 11 nitrogen and oxygen atoms in total. The number of carboxylic acid groups (broad SMARTS) is 1. The van der Waals surface area contributed by atoms with Crippen LogP contribution in [0.2, 0.25) is 0 Å². The number of amides is 1. The van der Waals surface area contributed by atoms with Crippen molar-refractivity contribution < 1.29 is 28.5 Å². The van der Waals surface area contributed by atoms with Crippen LogP contribution in [0, 0.1) is 26.6 Å². The average Bonchev–Trinajstić information content (AvgIpc) is 3.07. The topological polar surface area (TPSA) is 113 Å². The number of rotatable bonds is 13. The molecule has 0 bridgehead atoms. The zero-order valence-corrected chi connectivity index (χ0v) is 29.0. The van der Waals surface area contributed by atoms with Gasteiger partial charge in [0.15, 0.2) is 23.1 Å². The highest BCUT2D eigenvalue weighted by molar-refractivity contribution is 5.87. The van der Waals surface area contributed by atoms with Gasteiger partial charge in [0.05, 0.1) is 26.9 Å². The third-order valence-electron chi connectivity index (χ3n) is 8.75. The first kappa shape index (κ1) is 35.4. The monoisotopic (exact) mass is 672 g/mol. The number of methoxy groups -OCH3 is 2. The molecule has 12 heteroatoms. The summed E-state index contributed by atoms with van der Waals surface area (Å²) in [6, 6.07) is 14.6. The Balaban J connectivity index is 1.40. The van der Waals surface area contributed by atoms with Gasteiger partial charge in [-0.1, -0.05) is 29.8 Å². The molecule has 0 aliphatic carbocycles. The average molecular weight is 673 g/mol. The van der Waals surface area contributed by atoms with Crippen LogP contribution in [-0.2, 0) is 0 Å². The molecular weight excluding hydrogens is 627 g/mol. The number of halogens is 1. The lowest BCUT2D eigenvalue weighted by Gasteiger charge is -2.33. The van der Waals surface area contributed by atoms with Gasteiger partial charge < -0.3 is 34.4 Å². The minimum atomic E-state index is -1.24. The van der Waals surface area contributed by atoms with Crippen LogP contribution in [0.1, 0.15) is 40.3 Å². The second-order valence-electron chi connectivity index (χ2n) is 12.3.